The molecule has 1 rings (SSSR count). The van der Waals surface area contributed by atoms with Crippen molar-refractivity contribution in [1.29, 1.82) is 5.26 Å². The van der Waals surface area contributed by atoms with Crippen LogP contribution in [0.5, 0.6) is 0 Å². The number of anilines is 1. The minimum Gasteiger partial charge on any atom is -0.465 e. The Kier molecular flexibility index (Phi) is 4.87. The standard InChI is InChI=1S/C12H14N2O2/c1-16-12(15)10-5-4-6-11(9-10)14-8-3-2-7-13/h4-6,9,14H,2-3,8H2,1H3. The van der Waals surface area contributed by atoms with Gasteiger partial charge < -0.3 is 10.1 Å². The van der Waals surface area contributed by atoms with E-state index in [1.54, 1.807) is 18.2 Å². The topological polar surface area (TPSA) is 62.1 Å². The van der Waals surface area contributed by atoms with Gasteiger partial charge in [0.1, 0.15) is 0 Å². The molecule has 0 saturated heterocycles. The van der Waals surface area contributed by atoms with Gasteiger partial charge in [-0.15, -0.1) is 0 Å². The summed E-state index contributed by atoms with van der Waals surface area (Å²) in [4.78, 5) is 11.2. The maximum absolute atomic E-state index is 11.2. The van der Waals surface area contributed by atoms with Crippen LogP contribution in [0.4, 0.5) is 5.69 Å². The van der Waals surface area contributed by atoms with Crippen LogP contribution in [0, 0.1) is 11.3 Å². The number of hydrogen-bond acceptors (Lipinski definition) is 4. The van der Waals surface area contributed by atoms with Crippen molar-refractivity contribution in [2.45, 2.75) is 12.8 Å². The Morgan fingerprint density at radius 2 is 2.38 bits per heavy atom. The highest BCUT2D eigenvalue weighted by Gasteiger charge is 2.04. The summed E-state index contributed by atoms with van der Waals surface area (Å²) >= 11 is 0. The van der Waals surface area contributed by atoms with Gasteiger partial charge in [-0.25, -0.2) is 4.79 Å². The van der Waals surface area contributed by atoms with Gasteiger partial charge in [0.25, 0.3) is 0 Å². The smallest absolute Gasteiger partial charge is 0.337 e. The molecule has 1 aromatic carbocycles. The highest BCUT2D eigenvalue weighted by atomic mass is 16.5. The van der Waals surface area contributed by atoms with Crippen molar-refractivity contribution >= 4 is 11.7 Å². The summed E-state index contributed by atoms with van der Waals surface area (Å²) in [5.41, 5.74) is 1.38. The third-order valence-electron chi connectivity index (χ3n) is 2.08. The van der Waals surface area contributed by atoms with Crippen molar-refractivity contribution in [2.24, 2.45) is 0 Å². The van der Waals surface area contributed by atoms with Crippen LogP contribution in [0.15, 0.2) is 24.3 Å². The molecule has 0 aliphatic rings. The third-order valence-corrected chi connectivity index (χ3v) is 2.08. The van der Waals surface area contributed by atoms with Crippen molar-refractivity contribution in [2.75, 3.05) is 19.0 Å². The number of methoxy groups -OCH3 is 1. The van der Waals surface area contributed by atoms with E-state index in [1.807, 2.05) is 6.07 Å². The molecule has 0 fully saturated rings. The van der Waals surface area contributed by atoms with Crippen molar-refractivity contribution in [3.63, 3.8) is 0 Å². The number of nitrogens with one attached hydrogen (secondary N) is 1. The second kappa shape index (κ2) is 6.46. The molecule has 1 aromatic rings. The zero-order valence-electron chi connectivity index (χ0n) is 9.19. The molecule has 0 radical (unpaired) electrons. The summed E-state index contributed by atoms with van der Waals surface area (Å²) < 4.78 is 4.62. The zero-order chi connectivity index (χ0) is 11.8. The SMILES string of the molecule is COC(=O)c1cccc(NCCCC#N)c1. The maximum Gasteiger partial charge on any atom is 0.337 e. The summed E-state index contributed by atoms with van der Waals surface area (Å²) in [6.07, 6.45) is 1.32. The quantitative estimate of drug-likeness (QED) is 0.607. The lowest BCUT2D eigenvalue weighted by Crippen LogP contribution is -2.04. The Morgan fingerprint density at radius 3 is 3.06 bits per heavy atom. The van der Waals surface area contributed by atoms with Crippen molar-refractivity contribution in [3.05, 3.63) is 29.8 Å². The number of unbranched alkanes of at least 4 members (excludes halogenated alkanes) is 1. The lowest BCUT2D eigenvalue weighted by atomic mass is 10.2. The molecule has 4 nitrogen and oxygen atoms in total. The van der Waals surface area contributed by atoms with Crippen LogP contribution in [0.2, 0.25) is 0 Å². The molecular formula is C12H14N2O2. The Hall–Kier alpha value is -2.02. The highest BCUT2D eigenvalue weighted by molar-refractivity contribution is 5.90. The number of nitrogens with zero attached hydrogens (tertiary/aromatic N) is 1. The van der Waals surface area contributed by atoms with E-state index in [0.29, 0.717) is 12.0 Å². The first-order valence-corrected chi connectivity index (χ1v) is 5.07. The second-order valence-electron chi connectivity index (χ2n) is 3.26. The van der Waals surface area contributed by atoms with E-state index < -0.39 is 0 Å². The first-order valence-electron chi connectivity index (χ1n) is 5.07. The second-order valence-corrected chi connectivity index (χ2v) is 3.26. The third kappa shape index (κ3) is 3.62. The molecule has 0 saturated carbocycles. The number of ether oxygens (including phenoxy) is 1. The van der Waals surface area contributed by atoms with Gasteiger partial charge in [0, 0.05) is 18.7 Å². The predicted molar refractivity (Wildman–Crippen MR) is 61.1 cm³/mol. The molecular weight excluding hydrogens is 204 g/mol. The molecule has 0 amide bonds. The molecule has 0 aliphatic carbocycles. The zero-order valence-corrected chi connectivity index (χ0v) is 9.19. The molecule has 1 N–H and O–H groups in total. The normalized spacial score (nSPS) is 9.25. The van der Waals surface area contributed by atoms with E-state index in [-0.39, 0.29) is 5.97 Å². The van der Waals surface area contributed by atoms with Crippen LogP contribution in [0.25, 0.3) is 0 Å². The van der Waals surface area contributed by atoms with Crippen LogP contribution < -0.4 is 5.32 Å². The van der Waals surface area contributed by atoms with Crippen molar-refractivity contribution in [1.82, 2.24) is 0 Å². The van der Waals surface area contributed by atoms with Crippen LogP contribution in [-0.4, -0.2) is 19.6 Å². The summed E-state index contributed by atoms with van der Waals surface area (Å²) in [5, 5.41) is 11.5. The molecule has 84 valence electrons. The molecule has 0 aliphatic heterocycles. The average molecular weight is 218 g/mol. The van der Waals surface area contributed by atoms with Gasteiger partial charge in [0.2, 0.25) is 0 Å². The summed E-state index contributed by atoms with van der Waals surface area (Å²) in [7, 11) is 1.36. The number of carbonyl (C=O) groups excluding carboxylic acids is 1. The molecule has 0 bridgehead atoms. The number of rotatable bonds is 5. The van der Waals surface area contributed by atoms with Crippen molar-refractivity contribution in [3.8, 4) is 6.07 Å². The fourth-order valence-corrected chi connectivity index (χ4v) is 1.27. The number of benzene rings is 1. The van der Waals surface area contributed by atoms with E-state index in [2.05, 4.69) is 16.1 Å². The summed E-state index contributed by atoms with van der Waals surface area (Å²) in [6.45, 7) is 0.720. The number of esters is 1. The molecule has 0 unspecified atom stereocenters. The van der Waals surface area contributed by atoms with Gasteiger partial charge in [-0.05, 0) is 24.6 Å². The number of hydrogen-bond donors (Lipinski definition) is 1. The first-order chi connectivity index (χ1) is 7.77. The Bertz CT molecular complexity index is 396. The Balaban J connectivity index is 2.54. The Morgan fingerprint density at radius 1 is 1.56 bits per heavy atom. The van der Waals surface area contributed by atoms with E-state index >= 15 is 0 Å². The molecule has 0 atom stereocenters. The van der Waals surface area contributed by atoms with E-state index in [1.165, 1.54) is 7.11 Å². The fraction of sp³-hybridized carbons (Fsp3) is 0.333. The van der Waals surface area contributed by atoms with Gasteiger partial charge >= 0.3 is 5.97 Å². The maximum atomic E-state index is 11.2. The first kappa shape index (κ1) is 12.1. The summed E-state index contributed by atoms with van der Waals surface area (Å²) in [5.74, 6) is -0.347. The number of carbonyl (C=O) groups is 1. The molecule has 0 heterocycles. The van der Waals surface area contributed by atoms with Crippen molar-refractivity contribution < 1.29 is 9.53 Å². The van der Waals surface area contributed by atoms with E-state index in [4.69, 9.17) is 5.26 Å². The Labute approximate surface area is 94.8 Å². The predicted octanol–water partition coefficient (Wildman–Crippen LogP) is 2.19. The lowest BCUT2D eigenvalue weighted by Gasteiger charge is -2.06. The summed E-state index contributed by atoms with van der Waals surface area (Å²) in [6, 6.07) is 9.18. The van der Waals surface area contributed by atoms with E-state index in [0.717, 1.165) is 18.7 Å². The molecule has 0 spiro atoms. The van der Waals surface area contributed by atoms with Gasteiger partial charge in [-0.3, -0.25) is 0 Å². The van der Waals surface area contributed by atoms with Crippen LogP contribution in [-0.2, 0) is 4.74 Å². The van der Waals surface area contributed by atoms with Crippen LogP contribution in [0.3, 0.4) is 0 Å². The molecule has 0 aromatic heterocycles. The number of nitriles is 1. The minimum absolute atomic E-state index is 0.347. The van der Waals surface area contributed by atoms with E-state index in [9.17, 15) is 4.79 Å². The minimum atomic E-state index is -0.347. The van der Waals surface area contributed by atoms with Gasteiger partial charge in [0.15, 0.2) is 0 Å². The van der Waals surface area contributed by atoms with Gasteiger partial charge in [-0.1, -0.05) is 6.07 Å². The molecule has 4 heteroatoms. The monoisotopic (exact) mass is 218 g/mol. The van der Waals surface area contributed by atoms with Gasteiger partial charge in [-0.2, -0.15) is 5.26 Å². The highest BCUT2D eigenvalue weighted by Crippen LogP contribution is 2.11. The van der Waals surface area contributed by atoms with Gasteiger partial charge in [0.05, 0.1) is 18.7 Å². The average Bonchev–Trinajstić information content (AvgIpc) is 2.34. The molecule has 16 heavy (non-hydrogen) atoms. The van der Waals surface area contributed by atoms with Crippen LogP contribution in [0.1, 0.15) is 23.2 Å². The fourth-order valence-electron chi connectivity index (χ4n) is 1.27. The lowest BCUT2D eigenvalue weighted by molar-refractivity contribution is 0.0601. The largest absolute Gasteiger partial charge is 0.465 e. The van der Waals surface area contributed by atoms with Crippen LogP contribution >= 0.6 is 0 Å².